The maximum atomic E-state index is 12.2. The Morgan fingerprint density at radius 2 is 1.20 bits per heavy atom. The third-order valence-corrected chi connectivity index (χ3v) is 5.08. The zero-order valence-electron chi connectivity index (χ0n) is 13.1. The molecule has 0 amide bonds. The molecule has 1 heterocycles. The van der Waals surface area contributed by atoms with Gasteiger partial charge in [-0.25, -0.2) is 8.42 Å². The largest absolute Gasteiger partial charge is 0.741 e. The van der Waals surface area contributed by atoms with Gasteiger partial charge in [-0.2, -0.15) is 21.6 Å². The molecule has 0 atom stereocenters. The third kappa shape index (κ3) is 5.80. The molecule has 0 bridgehead atoms. The van der Waals surface area contributed by atoms with E-state index in [-0.39, 0.29) is 0 Å². The van der Waals surface area contributed by atoms with Gasteiger partial charge in [0.25, 0.3) is 0 Å². The number of halogens is 3. The van der Waals surface area contributed by atoms with Crippen molar-refractivity contribution in [3.8, 4) is 0 Å². The Labute approximate surface area is 143 Å². The normalized spacial score (nSPS) is 12.2. The lowest BCUT2D eigenvalue weighted by Crippen LogP contribution is -2.41. The van der Waals surface area contributed by atoms with Crippen molar-refractivity contribution in [2.45, 2.75) is 24.3 Å². The lowest BCUT2D eigenvalue weighted by molar-refractivity contribution is -0.511. The molecule has 2 rings (SSSR count). The molecule has 0 unspecified atom stereocenters. The number of pyridine rings is 1. The van der Waals surface area contributed by atoms with Crippen molar-refractivity contribution in [2.75, 3.05) is 0 Å². The maximum absolute atomic E-state index is 12.2. The molecule has 0 fully saturated rings. The quantitative estimate of drug-likeness (QED) is 0.438. The number of alkyl halides is 3. The molecule has 0 aliphatic rings. The van der Waals surface area contributed by atoms with Crippen molar-refractivity contribution >= 4 is 20.1 Å². The zero-order chi connectivity index (χ0) is 19.5. The minimum Gasteiger partial charge on any atom is -0.741 e. The number of aryl methyl sites for hydroxylation is 2. The van der Waals surface area contributed by atoms with Gasteiger partial charge < -0.3 is 4.55 Å². The first kappa shape index (κ1) is 21.1. The average molecular weight is 397 g/mol. The topological polar surface area (TPSA) is 95.2 Å². The van der Waals surface area contributed by atoms with Crippen molar-refractivity contribution in [1.29, 1.82) is 0 Å². The van der Waals surface area contributed by atoms with Crippen LogP contribution in [0.15, 0.2) is 53.7 Å². The van der Waals surface area contributed by atoms with Gasteiger partial charge in [0.2, 0.25) is 0 Å². The molecular weight excluding hydrogens is 383 g/mol. The lowest BCUT2D eigenvalue weighted by atomic mass is 10.2. The number of benzene rings is 1. The fraction of sp³-hybridized carbons (Fsp3) is 0.214. The minimum atomic E-state index is -6.09. The van der Waals surface area contributed by atoms with Gasteiger partial charge in [-0.05, 0) is 31.5 Å². The number of hydrogen-bond donors (Lipinski definition) is 0. The molecule has 11 heteroatoms. The Morgan fingerprint density at radius 3 is 1.56 bits per heavy atom. The van der Waals surface area contributed by atoms with E-state index in [1.807, 2.05) is 13.8 Å². The van der Waals surface area contributed by atoms with Crippen molar-refractivity contribution in [3.05, 3.63) is 59.9 Å². The summed E-state index contributed by atoms with van der Waals surface area (Å²) in [5.41, 5.74) is -3.58. The highest BCUT2D eigenvalue weighted by Gasteiger charge is 2.36. The Morgan fingerprint density at radius 1 is 0.840 bits per heavy atom. The van der Waals surface area contributed by atoms with Crippen LogP contribution in [0.4, 0.5) is 13.2 Å². The van der Waals surface area contributed by atoms with E-state index in [1.165, 1.54) is 3.97 Å². The van der Waals surface area contributed by atoms with Gasteiger partial charge >= 0.3 is 15.5 Å². The van der Waals surface area contributed by atoms with E-state index in [0.29, 0.717) is 4.90 Å². The number of nitrogens with zero attached hydrogens (tertiary/aromatic N) is 1. The zero-order valence-corrected chi connectivity index (χ0v) is 14.7. The van der Waals surface area contributed by atoms with Gasteiger partial charge in [-0.1, -0.05) is 21.7 Å². The van der Waals surface area contributed by atoms with Crippen molar-refractivity contribution in [3.63, 3.8) is 0 Å². The van der Waals surface area contributed by atoms with E-state index in [4.69, 9.17) is 13.0 Å². The summed E-state index contributed by atoms with van der Waals surface area (Å²) in [6.45, 7) is 3.85. The summed E-state index contributed by atoms with van der Waals surface area (Å²) in [4.78, 5) is 0.303. The van der Waals surface area contributed by atoms with E-state index in [0.717, 1.165) is 11.1 Å². The van der Waals surface area contributed by atoms with Crippen molar-refractivity contribution < 1.29 is 38.5 Å². The average Bonchev–Trinajstić information content (AvgIpc) is 2.46. The predicted molar refractivity (Wildman–Crippen MR) is 80.9 cm³/mol. The molecule has 0 saturated carbocycles. The fourth-order valence-corrected chi connectivity index (χ4v) is 2.65. The summed E-state index contributed by atoms with van der Waals surface area (Å²) in [6.07, 6.45) is 3.12. The van der Waals surface area contributed by atoms with Gasteiger partial charge in [0.05, 0.1) is 0 Å². The summed E-state index contributed by atoms with van der Waals surface area (Å²) < 4.78 is 84.6. The van der Waals surface area contributed by atoms with Crippen LogP contribution in [-0.4, -0.2) is 26.9 Å². The van der Waals surface area contributed by atoms with Gasteiger partial charge in [0.1, 0.15) is 4.90 Å². The summed E-state index contributed by atoms with van der Waals surface area (Å²) in [7, 11) is -9.55. The van der Waals surface area contributed by atoms with Crippen LogP contribution in [0.5, 0.6) is 0 Å². The molecule has 0 aliphatic carbocycles. The molecule has 1 aromatic heterocycles. The molecule has 0 radical (unpaired) electrons. The second-order valence-electron chi connectivity index (χ2n) is 4.92. The molecule has 138 valence electrons. The van der Waals surface area contributed by atoms with Gasteiger partial charge in [-0.15, -0.1) is 0 Å². The molecule has 0 aliphatic heterocycles. The van der Waals surface area contributed by atoms with Crippen LogP contribution >= 0.6 is 0 Å². The SMILES string of the molecule is Cc1ccc(S(=O)(=O)[n+]2ccc(C)cc2)cc1.O=S(=O)([O-])C(F)(F)F. The molecule has 6 nitrogen and oxygen atoms in total. The molecule has 2 aromatic rings. The second-order valence-corrected chi connectivity index (χ2v) is 8.14. The standard InChI is InChI=1S/C13H14NO2S.CHF3O3S/c1-11-3-5-13(6-4-11)17(15,16)14-9-7-12(2)8-10-14;2-1(3,4)8(5,6)7/h3-10H,1-2H3;(H,5,6,7)/q+1;/p-1. The first-order chi connectivity index (χ1) is 11.2. The molecule has 1 aromatic carbocycles. The van der Waals surface area contributed by atoms with E-state index in [1.54, 1.807) is 48.8 Å². The highest BCUT2D eigenvalue weighted by atomic mass is 32.2. The van der Waals surface area contributed by atoms with Crippen LogP contribution < -0.4 is 3.97 Å². The van der Waals surface area contributed by atoms with Gasteiger partial charge in [0.15, 0.2) is 22.5 Å². The third-order valence-electron chi connectivity index (χ3n) is 2.85. The summed E-state index contributed by atoms with van der Waals surface area (Å²) >= 11 is 0. The predicted octanol–water partition coefficient (Wildman–Crippen LogP) is 1.88. The number of hydrogen-bond acceptors (Lipinski definition) is 5. The lowest BCUT2D eigenvalue weighted by Gasteiger charge is -2.08. The molecule has 0 saturated heterocycles. The fourth-order valence-electron chi connectivity index (χ4n) is 1.48. The van der Waals surface area contributed by atoms with Crippen LogP contribution in [-0.2, 0) is 20.1 Å². The Balaban J connectivity index is 0.000000333. The van der Waals surface area contributed by atoms with Gasteiger partial charge in [-0.3, -0.25) is 0 Å². The number of rotatable bonds is 2. The van der Waals surface area contributed by atoms with Crippen LogP contribution in [0.1, 0.15) is 11.1 Å². The summed E-state index contributed by atoms with van der Waals surface area (Å²) in [5, 5.41) is 0. The smallest absolute Gasteiger partial charge is 0.485 e. The van der Waals surface area contributed by atoms with Crippen molar-refractivity contribution in [1.82, 2.24) is 0 Å². The monoisotopic (exact) mass is 397 g/mol. The summed E-state index contributed by atoms with van der Waals surface area (Å²) in [5.74, 6) is 0. The minimum absolute atomic E-state index is 0.303. The van der Waals surface area contributed by atoms with E-state index >= 15 is 0 Å². The maximum Gasteiger partial charge on any atom is 0.485 e. The Bertz CT molecular complexity index is 868. The Hall–Kier alpha value is -1.98. The number of aromatic nitrogens is 1. The highest BCUT2D eigenvalue weighted by molar-refractivity contribution is 7.86. The highest BCUT2D eigenvalue weighted by Crippen LogP contribution is 2.20. The second kappa shape index (κ2) is 7.50. The van der Waals surface area contributed by atoms with Crippen molar-refractivity contribution in [2.24, 2.45) is 0 Å². The van der Waals surface area contributed by atoms with E-state index < -0.39 is 25.6 Å². The van der Waals surface area contributed by atoms with Crippen LogP contribution in [0, 0.1) is 13.8 Å². The van der Waals surface area contributed by atoms with Crippen LogP contribution in [0.3, 0.4) is 0 Å². The van der Waals surface area contributed by atoms with Crippen LogP contribution in [0.2, 0.25) is 0 Å². The Kier molecular flexibility index (Phi) is 6.32. The van der Waals surface area contributed by atoms with Crippen LogP contribution in [0.25, 0.3) is 0 Å². The first-order valence-electron chi connectivity index (χ1n) is 6.57. The molecular formula is C14H14F3NO5S2. The molecule has 25 heavy (non-hydrogen) atoms. The molecule has 0 spiro atoms. The first-order valence-corrected chi connectivity index (χ1v) is 9.42. The molecule has 0 N–H and O–H groups in total. The van der Waals surface area contributed by atoms with E-state index in [9.17, 15) is 21.6 Å². The van der Waals surface area contributed by atoms with E-state index in [2.05, 4.69) is 0 Å². The summed E-state index contributed by atoms with van der Waals surface area (Å²) in [6, 6.07) is 10.4. The van der Waals surface area contributed by atoms with Gasteiger partial charge in [0, 0.05) is 12.1 Å².